The molecule has 0 saturated carbocycles. The standard InChI is InChI=1S/C21H25N3O/c1-15(24-10-3-4-11-24)16-6-5-7-17(12-16)18-8-9-20-19(13-18)14-23(2)21(25)22-20/h5-9,12-13,15H,3-4,10-11,14H2,1-2H3,(H,22,25)/t15-/m1/s1. The second-order valence-electron chi connectivity index (χ2n) is 7.20. The molecule has 0 unspecified atom stereocenters. The van der Waals surface area contributed by atoms with Gasteiger partial charge in [-0.3, -0.25) is 4.90 Å². The molecule has 0 aromatic heterocycles. The lowest BCUT2D eigenvalue weighted by molar-refractivity contribution is 0.218. The molecular formula is C21H25N3O. The van der Waals surface area contributed by atoms with Crippen molar-refractivity contribution < 1.29 is 4.79 Å². The lowest BCUT2D eigenvalue weighted by Crippen LogP contribution is -2.35. The summed E-state index contributed by atoms with van der Waals surface area (Å²) in [5, 5.41) is 2.94. The molecule has 1 fully saturated rings. The first-order chi connectivity index (χ1) is 12.1. The fraction of sp³-hybridized carbons (Fsp3) is 0.381. The van der Waals surface area contributed by atoms with Crippen LogP contribution in [0.5, 0.6) is 0 Å². The average Bonchev–Trinajstić information content (AvgIpc) is 3.16. The van der Waals surface area contributed by atoms with Crippen LogP contribution < -0.4 is 5.32 Å². The molecule has 2 aliphatic heterocycles. The summed E-state index contributed by atoms with van der Waals surface area (Å²) >= 11 is 0. The van der Waals surface area contributed by atoms with E-state index in [1.165, 1.54) is 42.6 Å². The van der Waals surface area contributed by atoms with Crippen molar-refractivity contribution in [1.82, 2.24) is 9.80 Å². The number of fused-ring (bicyclic) bond motifs is 1. The minimum Gasteiger partial charge on any atom is -0.323 e. The molecule has 0 aliphatic carbocycles. The van der Waals surface area contributed by atoms with E-state index < -0.39 is 0 Å². The second kappa shape index (κ2) is 6.52. The maximum absolute atomic E-state index is 11.8. The fourth-order valence-corrected chi connectivity index (χ4v) is 3.88. The highest BCUT2D eigenvalue weighted by Gasteiger charge is 2.21. The van der Waals surface area contributed by atoms with Gasteiger partial charge in [-0.05, 0) is 73.3 Å². The van der Waals surface area contributed by atoms with Crippen molar-refractivity contribution in [2.24, 2.45) is 0 Å². The number of anilines is 1. The second-order valence-corrected chi connectivity index (χ2v) is 7.20. The molecule has 0 spiro atoms. The zero-order chi connectivity index (χ0) is 17.4. The predicted octanol–water partition coefficient (Wildman–Crippen LogP) is 4.49. The summed E-state index contributed by atoms with van der Waals surface area (Å²) in [5.74, 6) is 0. The van der Waals surface area contributed by atoms with Gasteiger partial charge in [0.25, 0.3) is 0 Å². The van der Waals surface area contributed by atoms with Crippen LogP contribution >= 0.6 is 0 Å². The van der Waals surface area contributed by atoms with Crippen molar-refractivity contribution in [3.63, 3.8) is 0 Å². The lowest BCUT2D eigenvalue weighted by Gasteiger charge is -2.26. The van der Waals surface area contributed by atoms with Gasteiger partial charge in [0.05, 0.1) is 0 Å². The van der Waals surface area contributed by atoms with Crippen molar-refractivity contribution >= 4 is 11.7 Å². The van der Waals surface area contributed by atoms with Crippen LogP contribution in [0, 0.1) is 0 Å². The quantitative estimate of drug-likeness (QED) is 0.897. The summed E-state index contributed by atoms with van der Waals surface area (Å²) < 4.78 is 0. The van der Waals surface area contributed by atoms with Gasteiger partial charge in [-0.2, -0.15) is 0 Å². The minimum atomic E-state index is -0.0401. The summed E-state index contributed by atoms with van der Waals surface area (Å²) in [6, 6.07) is 15.6. The Kier molecular flexibility index (Phi) is 4.22. The van der Waals surface area contributed by atoms with Gasteiger partial charge in [0.2, 0.25) is 0 Å². The fourth-order valence-electron chi connectivity index (χ4n) is 3.88. The maximum atomic E-state index is 11.8. The molecule has 1 N–H and O–H groups in total. The maximum Gasteiger partial charge on any atom is 0.321 e. The van der Waals surface area contributed by atoms with Crippen LogP contribution in [-0.4, -0.2) is 36.0 Å². The Labute approximate surface area is 149 Å². The van der Waals surface area contributed by atoms with E-state index in [1.54, 1.807) is 4.90 Å². The molecular weight excluding hydrogens is 310 g/mol. The number of benzene rings is 2. The number of hydrogen-bond donors (Lipinski definition) is 1. The smallest absolute Gasteiger partial charge is 0.321 e. The molecule has 2 heterocycles. The third-order valence-electron chi connectivity index (χ3n) is 5.49. The Morgan fingerprint density at radius 3 is 2.60 bits per heavy atom. The Hall–Kier alpha value is -2.33. The third kappa shape index (κ3) is 3.14. The van der Waals surface area contributed by atoms with E-state index in [2.05, 4.69) is 53.5 Å². The summed E-state index contributed by atoms with van der Waals surface area (Å²) in [6.07, 6.45) is 2.63. The Bertz CT molecular complexity index is 795. The van der Waals surface area contributed by atoms with E-state index in [4.69, 9.17) is 0 Å². The van der Waals surface area contributed by atoms with Crippen LogP contribution in [-0.2, 0) is 6.54 Å². The van der Waals surface area contributed by atoms with Gasteiger partial charge in [-0.15, -0.1) is 0 Å². The zero-order valence-electron chi connectivity index (χ0n) is 15.0. The number of amides is 2. The Balaban J connectivity index is 1.63. The molecule has 2 aliphatic rings. The number of nitrogens with zero attached hydrogens (tertiary/aromatic N) is 2. The van der Waals surface area contributed by atoms with Crippen molar-refractivity contribution in [2.75, 3.05) is 25.5 Å². The van der Waals surface area contributed by atoms with Crippen LogP contribution in [0.1, 0.15) is 36.9 Å². The van der Waals surface area contributed by atoms with Gasteiger partial charge in [0.15, 0.2) is 0 Å². The first-order valence-corrected chi connectivity index (χ1v) is 9.11. The molecule has 1 saturated heterocycles. The van der Waals surface area contributed by atoms with Crippen molar-refractivity contribution in [3.8, 4) is 11.1 Å². The zero-order valence-corrected chi connectivity index (χ0v) is 15.0. The molecule has 1 atom stereocenters. The van der Waals surface area contributed by atoms with Gasteiger partial charge in [-0.25, -0.2) is 4.79 Å². The van der Waals surface area contributed by atoms with Crippen molar-refractivity contribution in [2.45, 2.75) is 32.4 Å². The minimum absolute atomic E-state index is 0.0401. The number of urea groups is 1. The number of likely N-dealkylation sites (tertiary alicyclic amines) is 1. The number of nitrogens with one attached hydrogen (secondary N) is 1. The SMILES string of the molecule is C[C@H](c1cccc(-c2ccc3c(c2)CN(C)C(=O)N3)c1)N1CCCC1. The van der Waals surface area contributed by atoms with E-state index in [0.29, 0.717) is 12.6 Å². The monoisotopic (exact) mass is 335 g/mol. The molecule has 2 aromatic carbocycles. The predicted molar refractivity (Wildman–Crippen MR) is 102 cm³/mol. The first-order valence-electron chi connectivity index (χ1n) is 9.11. The molecule has 0 bridgehead atoms. The Morgan fingerprint density at radius 2 is 1.80 bits per heavy atom. The van der Waals surface area contributed by atoms with E-state index in [-0.39, 0.29) is 6.03 Å². The molecule has 4 heteroatoms. The van der Waals surface area contributed by atoms with E-state index >= 15 is 0 Å². The number of carbonyl (C=O) groups is 1. The van der Waals surface area contributed by atoms with Crippen LogP contribution in [0.15, 0.2) is 42.5 Å². The van der Waals surface area contributed by atoms with Gasteiger partial charge in [0.1, 0.15) is 0 Å². The van der Waals surface area contributed by atoms with E-state index in [1.807, 2.05) is 13.1 Å². The highest BCUT2D eigenvalue weighted by Crippen LogP contribution is 2.31. The summed E-state index contributed by atoms with van der Waals surface area (Å²) in [5.41, 5.74) is 5.92. The van der Waals surface area contributed by atoms with Crippen molar-refractivity contribution in [3.05, 3.63) is 53.6 Å². The summed E-state index contributed by atoms with van der Waals surface area (Å²) in [4.78, 5) is 16.0. The topological polar surface area (TPSA) is 35.6 Å². The van der Waals surface area contributed by atoms with Crippen LogP contribution in [0.3, 0.4) is 0 Å². The Morgan fingerprint density at radius 1 is 1.04 bits per heavy atom. The number of carbonyl (C=O) groups excluding carboxylic acids is 1. The van der Waals surface area contributed by atoms with Crippen LogP contribution in [0.2, 0.25) is 0 Å². The lowest BCUT2D eigenvalue weighted by atomic mass is 9.97. The molecule has 2 aromatic rings. The van der Waals surface area contributed by atoms with Crippen LogP contribution in [0.25, 0.3) is 11.1 Å². The van der Waals surface area contributed by atoms with Crippen molar-refractivity contribution in [1.29, 1.82) is 0 Å². The molecule has 25 heavy (non-hydrogen) atoms. The van der Waals surface area contributed by atoms with Gasteiger partial charge in [0, 0.05) is 25.3 Å². The molecule has 130 valence electrons. The molecule has 0 radical (unpaired) electrons. The highest BCUT2D eigenvalue weighted by atomic mass is 16.2. The third-order valence-corrected chi connectivity index (χ3v) is 5.49. The largest absolute Gasteiger partial charge is 0.323 e. The molecule has 4 nitrogen and oxygen atoms in total. The molecule has 2 amide bonds. The van der Waals surface area contributed by atoms with Gasteiger partial charge < -0.3 is 10.2 Å². The number of hydrogen-bond acceptors (Lipinski definition) is 2. The first kappa shape index (κ1) is 16.2. The summed E-state index contributed by atoms with van der Waals surface area (Å²) in [7, 11) is 1.82. The van der Waals surface area contributed by atoms with E-state index in [9.17, 15) is 4.79 Å². The summed E-state index contributed by atoms with van der Waals surface area (Å²) in [6.45, 7) is 5.37. The van der Waals surface area contributed by atoms with Crippen LogP contribution in [0.4, 0.5) is 10.5 Å². The van der Waals surface area contributed by atoms with E-state index in [0.717, 1.165) is 11.3 Å². The van der Waals surface area contributed by atoms with Gasteiger partial charge in [-0.1, -0.05) is 24.3 Å². The number of rotatable bonds is 3. The molecule has 4 rings (SSSR count). The van der Waals surface area contributed by atoms with Gasteiger partial charge >= 0.3 is 6.03 Å². The normalized spacial score (nSPS) is 18.8. The average molecular weight is 335 g/mol. The highest BCUT2D eigenvalue weighted by molar-refractivity contribution is 5.92.